The number of nitrogens with zero attached hydrogens (tertiary/aromatic N) is 2. The first-order valence-electron chi connectivity index (χ1n) is 6.07. The number of rotatable bonds is 2. The fourth-order valence-corrected chi connectivity index (χ4v) is 3.49. The zero-order chi connectivity index (χ0) is 15.0. The summed E-state index contributed by atoms with van der Waals surface area (Å²) >= 11 is 3.20. The lowest BCUT2D eigenvalue weighted by atomic mass is 10.2. The molecular weight excluding hydrogens is 359 g/mol. The van der Waals surface area contributed by atoms with Crippen molar-refractivity contribution in [3.8, 4) is 0 Å². The van der Waals surface area contributed by atoms with E-state index in [-0.39, 0.29) is 17.3 Å². The van der Waals surface area contributed by atoms with Crippen molar-refractivity contribution in [3.63, 3.8) is 0 Å². The SMILES string of the molecule is O=S1(=O)N=CN(Cc2ccc(Br)cc2F)c2ccccc21. The van der Waals surface area contributed by atoms with Gasteiger partial charge in [-0.2, -0.15) is 8.42 Å². The molecule has 0 spiro atoms. The summed E-state index contributed by atoms with van der Waals surface area (Å²) in [6.07, 6.45) is 1.22. The third kappa shape index (κ3) is 2.71. The van der Waals surface area contributed by atoms with Crippen LogP contribution in [0, 0.1) is 5.82 Å². The number of anilines is 1. The Balaban J connectivity index is 2.01. The van der Waals surface area contributed by atoms with Crippen LogP contribution in [-0.2, 0) is 16.6 Å². The van der Waals surface area contributed by atoms with Crippen molar-refractivity contribution in [3.05, 3.63) is 58.3 Å². The monoisotopic (exact) mass is 368 g/mol. The van der Waals surface area contributed by atoms with Gasteiger partial charge in [-0.05, 0) is 24.3 Å². The number of benzene rings is 2. The fourth-order valence-electron chi connectivity index (χ4n) is 2.11. The summed E-state index contributed by atoms with van der Waals surface area (Å²) in [6, 6.07) is 11.3. The molecule has 0 atom stereocenters. The van der Waals surface area contributed by atoms with Gasteiger partial charge in [0.2, 0.25) is 0 Å². The van der Waals surface area contributed by atoms with Crippen LogP contribution < -0.4 is 4.90 Å². The second-order valence-corrected chi connectivity index (χ2v) is 7.04. The van der Waals surface area contributed by atoms with Crippen molar-refractivity contribution in [2.75, 3.05) is 4.90 Å². The summed E-state index contributed by atoms with van der Waals surface area (Å²) in [5.41, 5.74) is 0.952. The minimum Gasteiger partial charge on any atom is -0.326 e. The summed E-state index contributed by atoms with van der Waals surface area (Å²) in [5.74, 6) is -0.358. The van der Waals surface area contributed by atoms with Crippen LogP contribution in [0.25, 0.3) is 0 Å². The highest BCUT2D eigenvalue weighted by Gasteiger charge is 2.25. The summed E-state index contributed by atoms with van der Waals surface area (Å²) in [6.45, 7) is 0.204. The summed E-state index contributed by atoms with van der Waals surface area (Å²) in [7, 11) is -3.66. The first-order chi connectivity index (χ1) is 9.97. The van der Waals surface area contributed by atoms with Gasteiger partial charge in [-0.1, -0.05) is 34.1 Å². The van der Waals surface area contributed by atoms with Gasteiger partial charge in [-0.3, -0.25) is 0 Å². The molecule has 0 aliphatic carbocycles. The molecular formula is C14H10BrFN2O2S. The number of fused-ring (bicyclic) bond motifs is 1. The normalized spacial score (nSPS) is 15.8. The zero-order valence-corrected chi connectivity index (χ0v) is 13.1. The van der Waals surface area contributed by atoms with E-state index in [0.29, 0.717) is 15.7 Å². The molecule has 0 aromatic heterocycles. The predicted molar refractivity (Wildman–Crippen MR) is 82.4 cm³/mol. The van der Waals surface area contributed by atoms with E-state index in [9.17, 15) is 12.8 Å². The van der Waals surface area contributed by atoms with Crippen LogP contribution in [0.3, 0.4) is 0 Å². The van der Waals surface area contributed by atoms with E-state index < -0.39 is 10.0 Å². The molecule has 2 aromatic rings. The van der Waals surface area contributed by atoms with Crippen LogP contribution >= 0.6 is 15.9 Å². The van der Waals surface area contributed by atoms with Crippen molar-refractivity contribution in [2.24, 2.45) is 4.40 Å². The van der Waals surface area contributed by atoms with E-state index in [1.165, 1.54) is 18.5 Å². The highest BCUT2D eigenvalue weighted by Crippen LogP contribution is 2.30. The van der Waals surface area contributed by atoms with Gasteiger partial charge in [0, 0.05) is 10.0 Å². The average Bonchev–Trinajstić information content (AvgIpc) is 2.45. The van der Waals surface area contributed by atoms with Crippen molar-refractivity contribution in [2.45, 2.75) is 11.4 Å². The molecule has 7 heteroatoms. The maximum atomic E-state index is 13.9. The Morgan fingerprint density at radius 1 is 1.19 bits per heavy atom. The number of para-hydroxylation sites is 1. The number of halogens is 2. The topological polar surface area (TPSA) is 49.7 Å². The van der Waals surface area contributed by atoms with Gasteiger partial charge in [0.1, 0.15) is 17.1 Å². The predicted octanol–water partition coefficient (Wildman–Crippen LogP) is 3.33. The van der Waals surface area contributed by atoms with E-state index in [0.717, 1.165) is 0 Å². The van der Waals surface area contributed by atoms with Gasteiger partial charge in [-0.15, -0.1) is 4.40 Å². The first-order valence-corrected chi connectivity index (χ1v) is 8.31. The minimum atomic E-state index is -3.66. The lowest BCUT2D eigenvalue weighted by molar-refractivity contribution is 0.596. The molecule has 1 aliphatic rings. The molecule has 0 fully saturated rings. The quantitative estimate of drug-likeness (QED) is 0.816. The Kier molecular flexibility index (Phi) is 3.54. The van der Waals surface area contributed by atoms with E-state index in [1.807, 2.05) is 0 Å². The molecule has 0 unspecified atom stereocenters. The van der Waals surface area contributed by atoms with Crippen molar-refractivity contribution in [1.29, 1.82) is 0 Å². The molecule has 0 saturated carbocycles. The Morgan fingerprint density at radius 3 is 2.71 bits per heavy atom. The average molecular weight is 369 g/mol. The molecule has 1 aliphatic heterocycles. The molecule has 0 N–H and O–H groups in total. The molecule has 4 nitrogen and oxygen atoms in total. The van der Waals surface area contributed by atoms with E-state index in [4.69, 9.17) is 0 Å². The van der Waals surface area contributed by atoms with Crippen molar-refractivity contribution < 1.29 is 12.8 Å². The number of sulfonamides is 1. The second-order valence-electron chi connectivity index (χ2n) is 4.53. The van der Waals surface area contributed by atoms with Gasteiger partial charge in [0.05, 0.1) is 12.2 Å². The molecule has 1 heterocycles. The Labute approximate surface area is 130 Å². The van der Waals surface area contributed by atoms with E-state index in [2.05, 4.69) is 20.3 Å². The summed E-state index contributed by atoms with van der Waals surface area (Å²) < 4.78 is 41.9. The van der Waals surface area contributed by atoms with Gasteiger partial charge in [0.15, 0.2) is 0 Å². The smallest absolute Gasteiger partial charge is 0.285 e. The Bertz CT molecular complexity index is 837. The third-order valence-corrected chi connectivity index (χ3v) is 4.90. The van der Waals surface area contributed by atoms with E-state index >= 15 is 0 Å². The van der Waals surface area contributed by atoms with Crippen LogP contribution in [-0.4, -0.2) is 14.8 Å². The standard InChI is InChI=1S/C14H10BrFN2O2S/c15-11-6-5-10(12(16)7-11)8-18-9-17-21(19,20)14-4-2-1-3-13(14)18/h1-7,9H,8H2. The molecule has 0 bridgehead atoms. The molecule has 21 heavy (non-hydrogen) atoms. The maximum absolute atomic E-state index is 13.9. The van der Waals surface area contributed by atoms with Crippen molar-refractivity contribution >= 4 is 38.0 Å². The van der Waals surface area contributed by atoms with Gasteiger partial charge >= 0.3 is 0 Å². The first kappa shape index (κ1) is 14.2. The third-order valence-electron chi connectivity index (χ3n) is 3.13. The molecule has 0 radical (unpaired) electrons. The molecule has 0 saturated heterocycles. The minimum absolute atomic E-state index is 0.130. The lowest BCUT2D eigenvalue weighted by Crippen LogP contribution is -2.27. The van der Waals surface area contributed by atoms with Crippen LogP contribution in [0.4, 0.5) is 10.1 Å². The number of hydrogen-bond acceptors (Lipinski definition) is 3. The van der Waals surface area contributed by atoms with Crippen LogP contribution in [0.5, 0.6) is 0 Å². The highest BCUT2D eigenvalue weighted by atomic mass is 79.9. The highest BCUT2D eigenvalue weighted by molar-refractivity contribution is 9.10. The van der Waals surface area contributed by atoms with Crippen molar-refractivity contribution in [1.82, 2.24) is 0 Å². The molecule has 108 valence electrons. The summed E-state index contributed by atoms with van der Waals surface area (Å²) in [4.78, 5) is 1.74. The molecule has 3 rings (SSSR count). The molecule has 0 amide bonds. The number of hydrogen-bond donors (Lipinski definition) is 0. The van der Waals surface area contributed by atoms with Gasteiger partial charge in [0.25, 0.3) is 10.0 Å². The Hall–Kier alpha value is -1.73. The van der Waals surface area contributed by atoms with Crippen LogP contribution in [0.1, 0.15) is 5.56 Å². The van der Waals surface area contributed by atoms with Gasteiger partial charge in [-0.25, -0.2) is 4.39 Å². The summed E-state index contributed by atoms with van der Waals surface area (Å²) in [5, 5.41) is 0. The largest absolute Gasteiger partial charge is 0.326 e. The maximum Gasteiger partial charge on any atom is 0.285 e. The zero-order valence-electron chi connectivity index (χ0n) is 10.7. The van der Waals surface area contributed by atoms with Crippen LogP contribution in [0.15, 0.2) is 56.2 Å². The van der Waals surface area contributed by atoms with Crippen LogP contribution in [0.2, 0.25) is 0 Å². The lowest BCUT2D eigenvalue weighted by Gasteiger charge is -2.25. The second kappa shape index (κ2) is 5.23. The van der Waals surface area contributed by atoms with E-state index in [1.54, 1.807) is 35.2 Å². The fraction of sp³-hybridized carbons (Fsp3) is 0.0714. The Morgan fingerprint density at radius 2 is 1.95 bits per heavy atom. The molecule has 2 aromatic carbocycles. The van der Waals surface area contributed by atoms with Gasteiger partial charge < -0.3 is 4.90 Å².